The number of nitrogens with zero attached hydrogens (tertiary/aromatic N) is 1. The second-order valence-electron chi connectivity index (χ2n) is 2.29. The topological polar surface area (TPSA) is 54.7 Å². The lowest BCUT2D eigenvalue weighted by atomic mass is 10.3. The SMILES string of the molecule is Cl.Nc1c[nH]c2ncc(Br)cc12. The van der Waals surface area contributed by atoms with E-state index in [2.05, 4.69) is 25.9 Å². The van der Waals surface area contributed by atoms with Crippen LogP contribution in [0.25, 0.3) is 11.0 Å². The number of pyridine rings is 1. The minimum absolute atomic E-state index is 0. The molecule has 0 aliphatic rings. The molecule has 0 amide bonds. The van der Waals surface area contributed by atoms with Crippen molar-refractivity contribution in [2.24, 2.45) is 0 Å². The molecule has 12 heavy (non-hydrogen) atoms. The summed E-state index contributed by atoms with van der Waals surface area (Å²) in [4.78, 5) is 7.08. The van der Waals surface area contributed by atoms with E-state index >= 15 is 0 Å². The summed E-state index contributed by atoms with van der Waals surface area (Å²) in [7, 11) is 0. The summed E-state index contributed by atoms with van der Waals surface area (Å²) in [5.41, 5.74) is 7.21. The average molecular weight is 249 g/mol. The molecule has 3 N–H and O–H groups in total. The summed E-state index contributed by atoms with van der Waals surface area (Å²) in [5, 5.41) is 0.958. The molecule has 2 aromatic heterocycles. The lowest BCUT2D eigenvalue weighted by molar-refractivity contribution is 1.31. The zero-order chi connectivity index (χ0) is 7.84. The second kappa shape index (κ2) is 3.33. The fourth-order valence-corrected chi connectivity index (χ4v) is 1.33. The van der Waals surface area contributed by atoms with Crippen molar-refractivity contribution >= 4 is 45.1 Å². The molecule has 0 saturated carbocycles. The number of nitrogens with one attached hydrogen (secondary N) is 1. The lowest BCUT2D eigenvalue weighted by Crippen LogP contribution is -1.80. The summed E-state index contributed by atoms with van der Waals surface area (Å²) in [6, 6.07) is 1.94. The van der Waals surface area contributed by atoms with Crippen LogP contribution in [0.5, 0.6) is 0 Å². The van der Waals surface area contributed by atoms with Crippen LogP contribution in [0.3, 0.4) is 0 Å². The van der Waals surface area contributed by atoms with Gasteiger partial charge in [-0.15, -0.1) is 12.4 Å². The third-order valence-electron chi connectivity index (χ3n) is 1.53. The van der Waals surface area contributed by atoms with Gasteiger partial charge in [-0.3, -0.25) is 0 Å². The van der Waals surface area contributed by atoms with Crippen LogP contribution in [-0.2, 0) is 0 Å². The highest BCUT2D eigenvalue weighted by Crippen LogP contribution is 2.21. The number of aromatic amines is 1. The smallest absolute Gasteiger partial charge is 0.139 e. The fraction of sp³-hybridized carbons (Fsp3) is 0. The molecule has 64 valence electrons. The van der Waals surface area contributed by atoms with Crippen molar-refractivity contribution in [1.29, 1.82) is 0 Å². The number of nitrogens with two attached hydrogens (primary N) is 1. The molecule has 3 nitrogen and oxygen atoms in total. The number of halogens is 2. The van der Waals surface area contributed by atoms with E-state index in [1.165, 1.54) is 0 Å². The van der Waals surface area contributed by atoms with Gasteiger partial charge in [-0.25, -0.2) is 4.98 Å². The van der Waals surface area contributed by atoms with E-state index in [1.54, 1.807) is 12.4 Å². The van der Waals surface area contributed by atoms with Crippen LogP contribution in [-0.4, -0.2) is 9.97 Å². The first kappa shape index (κ1) is 9.35. The molecule has 5 heteroatoms. The van der Waals surface area contributed by atoms with Crippen LogP contribution in [0.2, 0.25) is 0 Å². The number of fused-ring (bicyclic) bond motifs is 1. The molecule has 2 rings (SSSR count). The Balaban J connectivity index is 0.000000720. The molecule has 0 unspecified atom stereocenters. The van der Waals surface area contributed by atoms with Gasteiger partial charge < -0.3 is 10.7 Å². The maximum Gasteiger partial charge on any atom is 0.139 e. The number of aromatic nitrogens is 2. The molecule has 2 aromatic rings. The first-order valence-corrected chi connectivity index (χ1v) is 3.95. The van der Waals surface area contributed by atoms with Crippen LogP contribution in [0.4, 0.5) is 5.69 Å². The van der Waals surface area contributed by atoms with E-state index in [-0.39, 0.29) is 12.4 Å². The maximum atomic E-state index is 5.65. The molecule has 2 heterocycles. The summed E-state index contributed by atoms with van der Waals surface area (Å²) < 4.78 is 0.941. The van der Waals surface area contributed by atoms with E-state index in [0.29, 0.717) is 0 Å². The van der Waals surface area contributed by atoms with E-state index in [9.17, 15) is 0 Å². The Morgan fingerprint density at radius 3 is 3.00 bits per heavy atom. The number of anilines is 1. The highest BCUT2D eigenvalue weighted by atomic mass is 79.9. The summed E-state index contributed by atoms with van der Waals surface area (Å²) >= 11 is 3.32. The number of nitrogen functional groups attached to an aromatic ring is 1. The van der Waals surface area contributed by atoms with Gasteiger partial charge >= 0.3 is 0 Å². The third-order valence-corrected chi connectivity index (χ3v) is 1.96. The summed E-state index contributed by atoms with van der Waals surface area (Å²) in [6.07, 6.45) is 3.47. The minimum atomic E-state index is 0. The molecule has 0 saturated heterocycles. The third kappa shape index (κ3) is 1.40. The van der Waals surface area contributed by atoms with Crippen LogP contribution >= 0.6 is 28.3 Å². The molecule has 0 bridgehead atoms. The number of rotatable bonds is 0. The van der Waals surface area contributed by atoms with Crippen LogP contribution in [0, 0.1) is 0 Å². The Bertz CT molecular complexity index is 398. The van der Waals surface area contributed by atoms with Gasteiger partial charge in [0.15, 0.2) is 0 Å². The zero-order valence-corrected chi connectivity index (χ0v) is 8.45. The van der Waals surface area contributed by atoms with Crippen LogP contribution in [0.1, 0.15) is 0 Å². The van der Waals surface area contributed by atoms with Gasteiger partial charge in [0.05, 0.1) is 5.69 Å². The summed E-state index contributed by atoms with van der Waals surface area (Å²) in [6.45, 7) is 0. The second-order valence-corrected chi connectivity index (χ2v) is 3.21. The van der Waals surface area contributed by atoms with Gasteiger partial charge in [0.2, 0.25) is 0 Å². The van der Waals surface area contributed by atoms with Crippen molar-refractivity contribution in [2.75, 3.05) is 5.73 Å². The van der Waals surface area contributed by atoms with Gasteiger partial charge in [-0.1, -0.05) is 0 Å². The fourth-order valence-electron chi connectivity index (χ4n) is 0.998. The molecule has 0 aliphatic carbocycles. The van der Waals surface area contributed by atoms with Gasteiger partial charge in [-0.05, 0) is 22.0 Å². The number of hydrogen-bond acceptors (Lipinski definition) is 2. The average Bonchev–Trinajstić information content (AvgIpc) is 2.33. The minimum Gasteiger partial charge on any atom is -0.397 e. The van der Waals surface area contributed by atoms with Crippen molar-refractivity contribution in [3.63, 3.8) is 0 Å². The zero-order valence-electron chi connectivity index (χ0n) is 6.04. The quantitative estimate of drug-likeness (QED) is 0.752. The standard InChI is InChI=1S/C7H6BrN3.ClH/c8-4-1-5-6(9)3-11-7(5)10-2-4;/h1-3H,9H2,(H,10,11);1H. The van der Waals surface area contributed by atoms with Crippen molar-refractivity contribution < 1.29 is 0 Å². The predicted molar refractivity (Wildman–Crippen MR) is 55.5 cm³/mol. The van der Waals surface area contributed by atoms with Crippen LogP contribution in [0.15, 0.2) is 22.9 Å². The highest BCUT2D eigenvalue weighted by Gasteiger charge is 2.00. The van der Waals surface area contributed by atoms with Crippen molar-refractivity contribution in [3.8, 4) is 0 Å². The first-order valence-electron chi connectivity index (χ1n) is 3.15. The predicted octanol–water partition coefficient (Wildman–Crippen LogP) is 2.33. The van der Waals surface area contributed by atoms with E-state index in [1.807, 2.05) is 6.07 Å². The number of hydrogen-bond donors (Lipinski definition) is 2. The van der Waals surface area contributed by atoms with Gasteiger partial charge in [0.1, 0.15) is 5.65 Å². The highest BCUT2D eigenvalue weighted by molar-refractivity contribution is 9.10. The Kier molecular flexibility index (Phi) is 2.59. The molecule has 0 spiro atoms. The van der Waals surface area contributed by atoms with E-state index in [0.717, 1.165) is 21.2 Å². The van der Waals surface area contributed by atoms with Gasteiger partial charge in [-0.2, -0.15) is 0 Å². The Hall–Kier alpha value is -0.740. The number of H-pyrrole nitrogens is 1. The molecule has 0 atom stereocenters. The maximum absolute atomic E-state index is 5.65. The summed E-state index contributed by atoms with van der Waals surface area (Å²) in [5.74, 6) is 0. The Morgan fingerprint density at radius 1 is 1.50 bits per heavy atom. The normalized spacial score (nSPS) is 9.75. The first-order chi connectivity index (χ1) is 5.27. The van der Waals surface area contributed by atoms with Crippen molar-refractivity contribution in [1.82, 2.24) is 9.97 Å². The van der Waals surface area contributed by atoms with Crippen molar-refractivity contribution in [2.45, 2.75) is 0 Å². The Labute approximate surface area is 83.9 Å². The molecule has 0 radical (unpaired) electrons. The molecular formula is C7H7BrClN3. The monoisotopic (exact) mass is 247 g/mol. The van der Waals surface area contributed by atoms with Gasteiger partial charge in [0, 0.05) is 22.3 Å². The van der Waals surface area contributed by atoms with Gasteiger partial charge in [0.25, 0.3) is 0 Å². The molecule has 0 fully saturated rings. The van der Waals surface area contributed by atoms with Crippen molar-refractivity contribution in [3.05, 3.63) is 22.9 Å². The van der Waals surface area contributed by atoms with Crippen LogP contribution < -0.4 is 5.73 Å². The molecule has 0 aromatic carbocycles. The Morgan fingerprint density at radius 2 is 2.25 bits per heavy atom. The molecular weight excluding hydrogens is 241 g/mol. The largest absolute Gasteiger partial charge is 0.397 e. The lowest BCUT2D eigenvalue weighted by Gasteiger charge is -1.90. The molecule has 0 aliphatic heterocycles. The van der Waals surface area contributed by atoms with E-state index in [4.69, 9.17) is 5.73 Å². The van der Waals surface area contributed by atoms with E-state index < -0.39 is 0 Å².